The molecule has 0 aliphatic heterocycles. The third kappa shape index (κ3) is 4.56. The van der Waals surface area contributed by atoms with Gasteiger partial charge < -0.3 is 17.3 Å². The minimum atomic E-state index is -6.00. The first-order chi connectivity index (χ1) is 12.3. The second kappa shape index (κ2) is 7.11. The first-order valence-corrected chi connectivity index (χ1v) is 7.77. The predicted molar refractivity (Wildman–Crippen MR) is 92.7 cm³/mol. The molecule has 4 aromatic rings. The molecule has 0 unspecified atom stereocenters. The zero-order chi connectivity index (χ0) is 18.7. The number of pyridine rings is 2. The summed E-state index contributed by atoms with van der Waals surface area (Å²) in [6.07, 6.45) is 4.17. The quantitative estimate of drug-likeness (QED) is 0.178. The van der Waals surface area contributed by atoms with Crippen LogP contribution >= 0.6 is 0 Å². The Labute approximate surface area is 146 Å². The highest BCUT2D eigenvalue weighted by atomic mass is 19.5. The standard InChI is InChI=1S/C19H13FN.BF4/c20-18-8-6-14(7-9-18)15-4-5-16-13-21-10-2-1-3-19(21)12-17(16)11-15;2-1(3,4)5/h1-13H;/q+1;-1. The Morgan fingerprint density at radius 3 is 2.04 bits per heavy atom. The maximum absolute atomic E-state index is 13.0. The van der Waals surface area contributed by atoms with Gasteiger partial charge in [0.15, 0.2) is 12.4 Å². The summed E-state index contributed by atoms with van der Waals surface area (Å²) < 4.78 is 54.1. The van der Waals surface area contributed by atoms with E-state index in [4.69, 9.17) is 0 Å². The summed E-state index contributed by atoms with van der Waals surface area (Å²) in [6, 6.07) is 21.3. The van der Waals surface area contributed by atoms with Gasteiger partial charge in [-0.2, -0.15) is 4.40 Å². The second-order valence-corrected chi connectivity index (χ2v) is 5.65. The maximum Gasteiger partial charge on any atom is 0.673 e. The van der Waals surface area contributed by atoms with Gasteiger partial charge >= 0.3 is 7.25 Å². The number of hydrogen-bond donors (Lipinski definition) is 0. The summed E-state index contributed by atoms with van der Waals surface area (Å²) >= 11 is 0. The number of nitrogens with zero attached hydrogens (tertiary/aromatic N) is 1. The number of benzene rings is 2. The molecular formula is C19H13BF5N. The zero-order valence-electron chi connectivity index (χ0n) is 13.4. The van der Waals surface area contributed by atoms with Crippen molar-refractivity contribution in [2.24, 2.45) is 0 Å². The van der Waals surface area contributed by atoms with Crippen LogP contribution in [-0.4, -0.2) is 7.25 Å². The molecule has 4 rings (SSSR count). The number of rotatable bonds is 1. The van der Waals surface area contributed by atoms with Crippen molar-refractivity contribution in [2.75, 3.05) is 0 Å². The molecular weight excluding hydrogens is 348 g/mol. The molecule has 2 aromatic heterocycles. The third-order valence-electron chi connectivity index (χ3n) is 3.77. The molecule has 0 aliphatic carbocycles. The molecule has 0 radical (unpaired) electrons. The van der Waals surface area contributed by atoms with E-state index in [2.05, 4.69) is 40.9 Å². The van der Waals surface area contributed by atoms with E-state index in [9.17, 15) is 21.7 Å². The van der Waals surface area contributed by atoms with Crippen LogP contribution in [0.3, 0.4) is 0 Å². The van der Waals surface area contributed by atoms with Gasteiger partial charge in [-0.25, -0.2) is 4.39 Å². The van der Waals surface area contributed by atoms with E-state index in [1.165, 1.54) is 22.9 Å². The van der Waals surface area contributed by atoms with Crippen molar-refractivity contribution in [3.05, 3.63) is 84.9 Å². The smallest absolute Gasteiger partial charge is 0.418 e. The van der Waals surface area contributed by atoms with Gasteiger partial charge in [0.1, 0.15) is 5.82 Å². The van der Waals surface area contributed by atoms with Gasteiger partial charge in [0.2, 0.25) is 5.52 Å². The summed E-state index contributed by atoms with van der Waals surface area (Å²) in [7, 11) is -6.00. The van der Waals surface area contributed by atoms with Crippen LogP contribution in [-0.2, 0) is 0 Å². The maximum atomic E-state index is 13.0. The van der Waals surface area contributed by atoms with Crippen LogP contribution in [0.5, 0.6) is 0 Å². The van der Waals surface area contributed by atoms with Crippen LogP contribution in [0.2, 0.25) is 0 Å². The van der Waals surface area contributed by atoms with Crippen LogP contribution < -0.4 is 4.40 Å². The second-order valence-electron chi connectivity index (χ2n) is 5.65. The fourth-order valence-electron chi connectivity index (χ4n) is 2.66. The van der Waals surface area contributed by atoms with Crippen LogP contribution in [0.1, 0.15) is 0 Å². The van der Waals surface area contributed by atoms with E-state index in [-0.39, 0.29) is 5.82 Å². The summed E-state index contributed by atoms with van der Waals surface area (Å²) in [5.74, 6) is -0.207. The van der Waals surface area contributed by atoms with Gasteiger partial charge in [-0.15, -0.1) is 0 Å². The first kappa shape index (κ1) is 17.9. The summed E-state index contributed by atoms with van der Waals surface area (Å²) in [4.78, 5) is 0. The fourth-order valence-corrected chi connectivity index (χ4v) is 2.66. The number of aromatic nitrogens is 1. The van der Waals surface area contributed by atoms with E-state index in [0.717, 1.165) is 16.6 Å². The fraction of sp³-hybridized carbons (Fsp3) is 0. The van der Waals surface area contributed by atoms with Crippen LogP contribution in [0.4, 0.5) is 21.7 Å². The lowest BCUT2D eigenvalue weighted by Gasteiger charge is -2.03. The topological polar surface area (TPSA) is 4.10 Å². The van der Waals surface area contributed by atoms with Crippen LogP contribution in [0, 0.1) is 5.82 Å². The van der Waals surface area contributed by atoms with Gasteiger partial charge in [-0.1, -0.05) is 18.2 Å². The molecule has 26 heavy (non-hydrogen) atoms. The normalized spacial score (nSPS) is 11.3. The minimum Gasteiger partial charge on any atom is -0.418 e. The van der Waals surface area contributed by atoms with Crippen molar-refractivity contribution in [1.82, 2.24) is 0 Å². The Morgan fingerprint density at radius 1 is 0.692 bits per heavy atom. The molecule has 0 amide bonds. The summed E-state index contributed by atoms with van der Waals surface area (Å²) in [5.41, 5.74) is 3.28. The lowest BCUT2D eigenvalue weighted by Crippen LogP contribution is -2.19. The molecule has 0 saturated heterocycles. The van der Waals surface area contributed by atoms with E-state index in [1.807, 2.05) is 30.5 Å². The van der Waals surface area contributed by atoms with Gasteiger partial charge in [0, 0.05) is 23.6 Å². The molecule has 7 heteroatoms. The van der Waals surface area contributed by atoms with E-state index < -0.39 is 7.25 Å². The Balaban J connectivity index is 0.000000349. The average molecular weight is 361 g/mol. The largest absolute Gasteiger partial charge is 0.673 e. The Morgan fingerprint density at radius 2 is 1.35 bits per heavy atom. The zero-order valence-corrected chi connectivity index (χ0v) is 13.4. The Bertz CT molecular complexity index is 1040. The van der Waals surface area contributed by atoms with Crippen molar-refractivity contribution in [1.29, 1.82) is 0 Å². The van der Waals surface area contributed by atoms with E-state index in [0.29, 0.717) is 0 Å². The Hall–Kier alpha value is -2.96. The third-order valence-corrected chi connectivity index (χ3v) is 3.77. The highest BCUT2D eigenvalue weighted by Crippen LogP contribution is 2.24. The monoisotopic (exact) mass is 361 g/mol. The van der Waals surface area contributed by atoms with E-state index >= 15 is 0 Å². The molecule has 132 valence electrons. The van der Waals surface area contributed by atoms with Crippen LogP contribution in [0.15, 0.2) is 79.1 Å². The number of fused-ring (bicyclic) bond motifs is 2. The van der Waals surface area contributed by atoms with Crippen molar-refractivity contribution in [3.8, 4) is 11.1 Å². The Kier molecular flexibility index (Phi) is 4.89. The minimum absolute atomic E-state index is 0.207. The number of halogens is 5. The molecule has 0 spiro atoms. The van der Waals surface area contributed by atoms with Gasteiger partial charge in [-0.05, 0) is 46.8 Å². The molecule has 0 atom stereocenters. The first-order valence-electron chi connectivity index (χ1n) is 7.77. The van der Waals surface area contributed by atoms with Crippen molar-refractivity contribution in [3.63, 3.8) is 0 Å². The van der Waals surface area contributed by atoms with Gasteiger partial charge in [0.05, 0.1) is 0 Å². The molecule has 2 heterocycles. The average Bonchev–Trinajstić information content (AvgIpc) is 2.59. The van der Waals surface area contributed by atoms with Crippen LogP contribution in [0.25, 0.3) is 27.4 Å². The molecule has 2 aromatic carbocycles. The number of hydrogen-bond acceptors (Lipinski definition) is 0. The molecule has 0 saturated carbocycles. The lowest BCUT2D eigenvalue weighted by atomic mass is 10.0. The highest BCUT2D eigenvalue weighted by Gasteiger charge is 2.20. The molecule has 0 aliphatic rings. The molecule has 0 fully saturated rings. The van der Waals surface area contributed by atoms with E-state index in [1.54, 1.807) is 0 Å². The predicted octanol–water partition coefficient (Wildman–Crippen LogP) is 5.68. The van der Waals surface area contributed by atoms with Crippen molar-refractivity contribution in [2.45, 2.75) is 0 Å². The molecule has 0 N–H and O–H groups in total. The molecule has 1 nitrogen and oxygen atoms in total. The summed E-state index contributed by atoms with van der Waals surface area (Å²) in [6.45, 7) is 0. The van der Waals surface area contributed by atoms with Gasteiger partial charge in [-0.3, -0.25) is 0 Å². The van der Waals surface area contributed by atoms with Crippen molar-refractivity contribution < 1.29 is 26.1 Å². The van der Waals surface area contributed by atoms with Gasteiger partial charge in [0.25, 0.3) is 0 Å². The van der Waals surface area contributed by atoms with Crippen molar-refractivity contribution >= 4 is 23.5 Å². The highest BCUT2D eigenvalue weighted by molar-refractivity contribution is 6.50. The SMILES string of the molecule is F[B-](F)(F)F.Fc1ccc(-c2ccc3c[n+]4ccccc4cc3c2)cc1. The molecule has 0 bridgehead atoms. The lowest BCUT2D eigenvalue weighted by molar-refractivity contribution is -0.510. The summed E-state index contributed by atoms with van der Waals surface area (Å²) in [5, 5.41) is 2.37.